The number of hydrogen-bond donors (Lipinski definition) is 1. The smallest absolute Gasteiger partial charge is 0.272 e. The minimum Gasteiger partial charge on any atom is -0.369 e. The van der Waals surface area contributed by atoms with Gasteiger partial charge in [-0.2, -0.15) is 0 Å². The molecule has 4 aliphatic rings. The summed E-state index contributed by atoms with van der Waals surface area (Å²) in [7, 11) is 0. The number of hydrogen-bond acceptors (Lipinski definition) is 8. The van der Waals surface area contributed by atoms with Crippen LogP contribution >= 0.6 is 0 Å². The zero-order valence-electron chi connectivity index (χ0n) is 22.8. The summed E-state index contributed by atoms with van der Waals surface area (Å²) in [6.07, 6.45) is 2.48. The molecule has 3 fully saturated rings. The molecule has 0 unspecified atom stereocenters. The predicted molar refractivity (Wildman–Crippen MR) is 149 cm³/mol. The first-order chi connectivity index (χ1) is 19.8. The second-order valence-electron chi connectivity index (χ2n) is 11.4. The van der Waals surface area contributed by atoms with E-state index >= 15 is 0 Å². The van der Waals surface area contributed by atoms with Crippen LogP contribution in [0.5, 0.6) is 0 Å². The van der Waals surface area contributed by atoms with Crippen molar-refractivity contribution in [2.45, 2.75) is 38.3 Å². The molecule has 1 atom stereocenters. The number of piperazine rings is 1. The number of carbonyl (C=O) groups excluding carboxylic acids is 3. The lowest BCUT2D eigenvalue weighted by Crippen LogP contribution is -2.52. The Hall–Kier alpha value is -4.06. The van der Waals surface area contributed by atoms with Crippen LogP contribution in [-0.2, 0) is 16.1 Å². The highest BCUT2D eigenvalue weighted by molar-refractivity contribution is 6.05. The van der Waals surface area contributed by atoms with Gasteiger partial charge in [-0.05, 0) is 55.0 Å². The Balaban J connectivity index is 0.993. The van der Waals surface area contributed by atoms with Crippen LogP contribution in [-0.4, -0.2) is 84.3 Å². The van der Waals surface area contributed by atoms with E-state index in [0.29, 0.717) is 30.1 Å². The lowest BCUT2D eigenvalue weighted by atomic mass is 9.95. The Morgan fingerprint density at radius 3 is 2.37 bits per heavy atom. The third-order valence-corrected chi connectivity index (χ3v) is 8.86. The van der Waals surface area contributed by atoms with Gasteiger partial charge in [-0.15, -0.1) is 0 Å². The van der Waals surface area contributed by atoms with Gasteiger partial charge in [0.2, 0.25) is 11.8 Å². The van der Waals surface area contributed by atoms with Gasteiger partial charge in [-0.25, -0.2) is 4.39 Å². The second kappa shape index (κ2) is 11.1. The van der Waals surface area contributed by atoms with Gasteiger partial charge in [0.1, 0.15) is 6.04 Å². The molecule has 3 saturated heterocycles. The average Bonchev–Trinajstić information content (AvgIpc) is 3.29. The second-order valence-corrected chi connectivity index (χ2v) is 11.4. The quantitative estimate of drug-likeness (QED) is 0.323. The van der Waals surface area contributed by atoms with Crippen molar-refractivity contribution in [3.63, 3.8) is 0 Å². The Bertz CT molecular complexity index is 1390. The van der Waals surface area contributed by atoms with E-state index in [4.69, 9.17) is 0 Å². The van der Waals surface area contributed by atoms with Crippen molar-refractivity contribution in [3.05, 3.63) is 63.5 Å². The van der Waals surface area contributed by atoms with E-state index in [0.717, 1.165) is 76.0 Å². The van der Waals surface area contributed by atoms with E-state index in [1.807, 2.05) is 17.0 Å². The van der Waals surface area contributed by atoms with Crippen LogP contribution in [0.15, 0.2) is 36.4 Å². The molecule has 4 aliphatic heterocycles. The number of nitrogens with one attached hydrogen (secondary N) is 1. The molecule has 11 nitrogen and oxygen atoms in total. The SMILES string of the molecule is O=C1CC[C@H](N2Cc3cc(N4CCN(CC5CCN(c6ccc([N+](=O)[O-])cc6F)CC5)CC4)ccc3C2=O)C(=O)N1. The van der Waals surface area contributed by atoms with Crippen molar-refractivity contribution in [1.82, 2.24) is 15.1 Å². The number of piperidine rings is 2. The number of amides is 3. The summed E-state index contributed by atoms with van der Waals surface area (Å²) in [5.41, 5.74) is 2.80. The average molecular weight is 565 g/mol. The third kappa shape index (κ3) is 5.48. The summed E-state index contributed by atoms with van der Waals surface area (Å²) >= 11 is 0. The highest BCUT2D eigenvalue weighted by atomic mass is 19.1. The number of nitro groups is 1. The van der Waals surface area contributed by atoms with E-state index in [-0.39, 0.29) is 23.9 Å². The summed E-state index contributed by atoms with van der Waals surface area (Å²) < 4.78 is 14.5. The number of halogens is 1. The monoisotopic (exact) mass is 564 g/mol. The van der Waals surface area contributed by atoms with Gasteiger partial charge in [0.15, 0.2) is 5.82 Å². The molecule has 216 valence electrons. The summed E-state index contributed by atoms with van der Waals surface area (Å²) in [5, 5.41) is 13.2. The first-order valence-electron chi connectivity index (χ1n) is 14.2. The molecule has 1 N–H and O–H groups in total. The standard InChI is InChI=1S/C29H33FN6O5/c30-24-16-22(36(40)41)2-4-25(24)34-9-7-19(8-10-34)17-32-11-13-33(14-12-32)21-1-3-23-20(15-21)18-35(29(23)39)26-5-6-27(37)31-28(26)38/h1-4,15-16,19,26H,5-14,17-18H2,(H,31,37,38)/t26-/m0/s1. The van der Waals surface area contributed by atoms with Crippen molar-refractivity contribution in [2.24, 2.45) is 5.92 Å². The molecule has 2 aromatic rings. The van der Waals surface area contributed by atoms with E-state index in [1.54, 1.807) is 4.90 Å². The number of anilines is 2. The van der Waals surface area contributed by atoms with Crippen molar-refractivity contribution in [2.75, 3.05) is 55.6 Å². The fourth-order valence-electron chi connectivity index (χ4n) is 6.53. The Kier molecular flexibility index (Phi) is 7.33. The van der Waals surface area contributed by atoms with Gasteiger partial charge in [-0.1, -0.05) is 0 Å². The predicted octanol–water partition coefficient (Wildman–Crippen LogP) is 2.53. The van der Waals surface area contributed by atoms with Crippen molar-refractivity contribution in [1.29, 1.82) is 0 Å². The van der Waals surface area contributed by atoms with Crippen molar-refractivity contribution >= 4 is 34.8 Å². The number of benzene rings is 2. The summed E-state index contributed by atoms with van der Waals surface area (Å²) in [4.78, 5) is 55.5. The topological polar surface area (TPSA) is 119 Å². The maximum Gasteiger partial charge on any atom is 0.272 e. The van der Waals surface area contributed by atoms with Crippen LogP contribution in [0.2, 0.25) is 0 Å². The van der Waals surface area contributed by atoms with Gasteiger partial charge >= 0.3 is 0 Å². The number of fused-ring (bicyclic) bond motifs is 1. The molecule has 0 bridgehead atoms. The minimum absolute atomic E-state index is 0.159. The highest BCUT2D eigenvalue weighted by Gasteiger charge is 2.39. The van der Waals surface area contributed by atoms with Crippen LogP contribution in [0.4, 0.5) is 21.5 Å². The molecule has 0 aromatic heterocycles. The number of non-ortho nitro benzene ring substituents is 1. The Morgan fingerprint density at radius 1 is 0.927 bits per heavy atom. The van der Waals surface area contributed by atoms with Crippen LogP contribution in [0.25, 0.3) is 0 Å². The van der Waals surface area contributed by atoms with Crippen LogP contribution in [0.1, 0.15) is 41.6 Å². The molecular weight excluding hydrogens is 531 g/mol. The maximum atomic E-state index is 14.5. The molecule has 3 amide bonds. The van der Waals surface area contributed by atoms with Crippen LogP contribution in [0.3, 0.4) is 0 Å². The van der Waals surface area contributed by atoms with E-state index in [2.05, 4.69) is 21.2 Å². The van der Waals surface area contributed by atoms with Gasteiger partial charge in [-0.3, -0.25) is 34.7 Å². The Labute approximate surface area is 237 Å². The molecular formula is C29H33FN6O5. The highest BCUT2D eigenvalue weighted by Crippen LogP contribution is 2.32. The summed E-state index contributed by atoms with van der Waals surface area (Å²) in [6, 6.07) is 9.14. The van der Waals surface area contributed by atoms with Crippen molar-refractivity contribution < 1.29 is 23.7 Å². The lowest BCUT2D eigenvalue weighted by molar-refractivity contribution is -0.385. The largest absolute Gasteiger partial charge is 0.369 e. The summed E-state index contributed by atoms with van der Waals surface area (Å²) in [5.74, 6) is -0.882. The zero-order valence-corrected chi connectivity index (χ0v) is 22.8. The number of rotatable bonds is 6. The van der Waals surface area contributed by atoms with Crippen molar-refractivity contribution in [3.8, 4) is 0 Å². The third-order valence-electron chi connectivity index (χ3n) is 8.86. The van der Waals surface area contributed by atoms with Crippen LogP contribution in [0, 0.1) is 21.8 Å². The number of imide groups is 1. The lowest BCUT2D eigenvalue weighted by Gasteiger charge is -2.40. The fraction of sp³-hybridized carbons (Fsp3) is 0.483. The first kappa shape index (κ1) is 27.1. The molecule has 4 heterocycles. The molecule has 0 radical (unpaired) electrons. The molecule has 12 heteroatoms. The molecule has 0 spiro atoms. The molecule has 0 saturated carbocycles. The minimum atomic E-state index is -0.611. The van der Waals surface area contributed by atoms with Gasteiger partial charge in [0.25, 0.3) is 11.6 Å². The van der Waals surface area contributed by atoms with Crippen LogP contribution < -0.4 is 15.1 Å². The number of carbonyl (C=O) groups is 3. The molecule has 2 aromatic carbocycles. The normalized spacial score (nSPS) is 22.2. The molecule has 6 rings (SSSR count). The van der Waals surface area contributed by atoms with E-state index in [9.17, 15) is 28.9 Å². The molecule has 41 heavy (non-hydrogen) atoms. The summed E-state index contributed by atoms with van der Waals surface area (Å²) in [6.45, 7) is 6.41. The fourth-order valence-corrected chi connectivity index (χ4v) is 6.53. The van der Waals surface area contributed by atoms with Gasteiger partial charge < -0.3 is 14.7 Å². The number of nitro benzene ring substituents is 1. The van der Waals surface area contributed by atoms with Gasteiger partial charge in [0.05, 0.1) is 16.7 Å². The Morgan fingerprint density at radius 2 is 1.68 bits per heavy atom. The number of nitrogens with zero attached hydrogens (tertiary/aromatic N) is 5. The van der Waals surface area contributed by atoms with E-state index < -0.39 is 22.7 Å². The molecule has 0 aliphatic carbocycles. The van der Waals surface area contributed by atoms with Gasteiger partial charge in [0, 0.05) is 76.1 Å². The zero-order chi connectivity index (χ0) is 28.7. The van der Waals surface area contributed by atoms with E-state index in [1.165, 1.54) is 12.1 Å². The first-order valence-corrected chi connectivity index (χ1v) is 14.2. The maximum absolute atomic E-state index is 14.5.